The third-order valence-corrected chi connectivity index (χ3v) is 5.82. The number of amides is 1. The quantitative estimate of drug-likeness (QED) is 0.202. The Balaban J connectivity index is 1.69. The molecular weight excluding hydrogens is 478 g/mol. The van der Waals surface area contributed by atoms with Crippen LogP contribution in [-0.2, 0) is 11.3 Å². The topological polar surface area (TPSA) is 81.4 Å². The molecular formula is C22H22BrN5O2S. The van der Waals surface area contributed by atoms with Crippen molar-refractivity contribution in [3.8, 4) is 17.1 Å². The van der Waals surface area contributed by atoms with Gasteiger partial charge in [-0.15, -0.1) is 16.8 Å². The maximum absolute atomic E-state index is 12.5. The fourth-order valence-electron chi connectivity index (χ4n) is 2.71. The largest absolute Gasteiger partial charge is 0.497 e. The van der Waals surface area contributed by atoms with Crippen LogP contribution in [0.15, 0.2) is 75.9 Å². The molecule has 0 radical (unpaired) electrons. The number of methoxy groups -OCH3 is 1. The first-order chi connectivity index (χ1) is 15.0. The molecule has 1 aromatic heterocycles. The Morgan fingerprint density at radius 3 is 2.87 bits per heavy atom. The molecule has 1 atom stereocenters. The van der Waals surface area contributed by atoms with Crippen LogP contribution in [0.1, 0.15) is 12.5 Å². The van der Waals surface area contributed by atoms with Crippen molar-refractivity contribution in [3.05, 3.63) is 71.2 Å². The molecule has 0 unspecified atom stereocenters. The fourth-order valence-corrected chi connectivity index (χ4v) is 3.96. The van der Waals surface area contributed by atoms with Crippen molar-refractivity contribution >= 4 is 39.8 Å². The van der Waals surface area contributed by atoms with Crippen molar-refractivity contribution in [2.75, 3.05) is 7.11 Å². The predicted molar refractivity (Wildman–Crippen MR) is 127 cm³/mol. The summed E-state index contributed by atoms with van der Waals surface area (Å²) in [5.74, 6) is 1.20. The summed E-state index contributed by atoms with van der Waals surface area (Å²) in [6.07, 6.45) is 3.35. The van der Waals surface area contributed by atoms with Crippen LogP contribution < -0.4 is 10.2 Å². The molecule has 2 aromatic carbocycles. The number of carbonyl (C=O) groups excluding carboxylic acids is 1. The molecule has 160 valence electrons. The van der Waals surface area contributed by atoms with Crippen LogP contribution in [0.4, 0.5) is 0 Å². The van der Waals surface area contributed by atoms with Crippen LogP contribution in [0.25, 0.3) is 11.4 Å². The van der Waals surface area contributed by atoms with Gasteiger partial charge in [-0.3, -0.25) is 9.36 Å². The highest BCUT2D eigenvalue weighted by atomic mass is 79.9. The van der Waals surface area contributed by atoms with Gasteiger partial charge in [-0.25, -0.2) is 5.43 Å². The van der Waals surface area contributed by atoms with Gasteiger partial charge in [-0.2, -0.15) is 5.10 Å². The molecule has 0 spiro atoms. The first kappa shape index (κ1) is 22.8. The Labute approximate surface area is 193 Å². The monoisotopic (exact) mass is 499 g/mol. The lowest BCUT2D eigenvalue weighted by Crippen LogP contribution is -2.27. The van der Waals surface area contributed by atoms with E-state index in [0.29, 0.717) is 17.5 Å². The number of hydrazone groups is 1. The number of nitrogens with zero attached hydrogens (tertiary/aromatic N) is 4. The Morgan fingerprint density at radius 1 is 1.32 bits per heavy atom. The number of carbonyl (C=O) groups is 1. The molecule has 1 N–H and O–H groups in total. The summed E-state index contributed by atoms with van der Waals surface area (Å²) in [6, 6.07) is 15.2. The van der Waals surface area contributed by atoms with Crippen molar-refractivity contribution in [2.24, 2.45) is 5.10 Å². The number of rotatable bonds is 9. The van der Waals surface area contributed by atoms with Gasteiger partial charge in [0, 0.05) is 16.6 Å². The molecule has 0 saturated heterocycles. The van der Waals surface area contributed by atoms with Crippen LogP contribution in [-0.4, -0.2) is 39.2 Å². The number of ether oxygens (including phenoxy) is 1. The molecule has 0 fully saturated rings. The molecule has 0 aliphatic heterocycles. The number of benzene rings is 2. The Bertz CT molecular complexity index is 1100. The first-order valence-corrected chi connectivity index (χ1v) is 11.1. The van der Waals surface area contributed by atoms with Gasteiger partial charge in [0.15, 0.2) is 11.0 Å². The third-order valence-electron chi connectivity index (χ3n) is 4.24. The van der Waals surface area contributed by atoms with E-state index in [1.54, 1.807) is 26.3 Å². The molecule has 1 amide bonds. The fraction of sp³-hybridized carbons (Fsp3) is 0.182. The molecule has 3 rings (SSSR count). The van der Waals surface area contributed by atoms with E-state index < -0.39 is 5.25 Å². The van der Waals surface area contributed by atoms with E-state index in [9.17, 15) is 4.79 Å². The number of thioether (sulfide) groups is 1. The Morgan fingerprint density at radius 2 is 2.13 bits per heavy atom. The lowest BCUT2D eigenvalue weighted by Gasteiger charge is -2.11. The van der Waals surface area contributed by atoms with Crippen LogP contribution in [0.2, 0.25) is 0 Å². The second-order valence-corrected chi connectivity index (χ2v) is 8.71. The van der Waals surface area contributed by atoms with Crippen molar-refractivity contribution < 1.29 is 9.53 Å². The summed E-state index contributed by atoms with van der Waals surface area (Å²) < 4.78 is 8.07. The number of aromatic nitrogens is 3. The van der Waals surface area contributed by atoms with E-state index in [2.05, 4.69) is 43.2 Å². The second kappa shape index (κ2) is 10.9. The predicted octanol–water partition coefficient (Wildman–Crippen LogP) is 4.53. The van der Waals surface area contributed by atoms with Crippen LogP contribution in [0.5, 0.6) is 5.75 Å². The van der Waals surface area contributed by atoms with Gasteiger partial charge < -0.3 is 4.74 Å². The molecule has 0 bridgehead atoms. The maximum Gasteiger partial charge on any atom is 0.253 e. The van der Waals surface area contributed by atoms with E-state index in [4.69, 9.17) is 4.74 Å². The third kappa shape index (κ3) is 6.05. The Hall–Kier alpha value is -2.91. The van der Waals surface area contributed by atoms with Crippen LogP contribution in [0.3, 0.4) is 0 Å². The molecule has 7 nitrogen and oxygen atoms in total. The molecule has 31 heavy (non-hydrogen) atoms. The van der Waals surface area contributed by atoms with E-state index >= 15 is 0 Å². The van der Waals surface area contributed by atoms with Crippen molar-refractivity contribution in [1.82, 2.24) is 20.2 Å². The Kier molecular flexibility index (Phi) is 8.02. The normalized spacial score (nSPS) is 12.0. The van der Waals surface area contributed by atoms with E-state index in [-0.39, 0.29) is 5.91 Å². The van der Waals surface area contributed by atoms with Gasteiger partial charge in [0.2, 0.25) is 0 Å². The molecule has 9 heteroatoms. The highest BCUT2D eigenvalue weighted by Crippen LogP contribution is 2.28. The van der Waals surface area contributed by atoms with E-state index in [1.165, 1.54) is 11.8 Å². The van der Waals surface area contributed by atoms with Gasteiger partial charge in [0.05, 0.1) is 18.6 Å². The average Bonchev–Trinajstić information content (AvgIpc) is 3.16. The SMILES string of the molecule is C=CCn1c(S[C@H](C)C(=O)NN=Cc2cccc(OC)c2)nnc1-c1cccc(Br)c1. The molecule has 0 saturated carbocycles. The zero-order chi connectivity index (χ0) is 22.2. The zero-order valence-corrected chi connectivity index (χ0v) is 19.6. The first-order valence-electron chi connectivity index (χ1n) is 9.45. The number of nitrogens with one attached hydrogen (secondary N) is 1. The van der Waals surface area contributed by atoms with Gasteiger partial charge in [-0.1, -0.05) is 58.0 Å². The standard InChI is InChI=1S/C22H22BrN5O2S/c1-4-11-28-20(17-8-6-9-18(23)13-17)25-27-22(28)31-15(2)21(29)26-24-14-16-7-5-10-19(12-16)30-3/h4-10,12-15H,1,11H2,2-3H3,(H,26,29)/t15-/m1/s1. The smallest absolute Gasteiger partial charge is 0.253 e. The number of hydrogen-bond acceptors (Lipinski definition) is 6. The van der Waals surface area contributed by atoms with Gasteiger partial charge in [-0.05, 0) is 36.8 Å². The van der Waals surface area contributed by atoms with Gasteiger partial charge >= 0.3 is 0 Å². The minimum absolute atomic E-state index is 0.235. The van der Waals surface area contributed by atoms with Crippen molar-refractivity contribution in [1.29, 1.82) is 0 Å². The number of allylic oxidation sites excluding steroid dienone is 1. The van der Waals surface area contributed by atoms with Crippen LogP contribution in [0, 0.1) is 0 Å². The minimum atomic E-state index is -0.425. The number of halogens is 1. The maximum atomic E-state index is 12.5. The summed E-state index contributed by atoms with van der Waals surface area (Å²) in [6.45, 7) is 6.15. The zero-order valence-electron chi connectivity index (χ0n) is 17.2. The summed E-state index contributed by atoms with van der Waals surface area (Å²) >= 11 is 4.80. The van der Waals surface area contributed by atoms with E-state index in [0.717, 1.165) is 21.3 Å². The van der Waals surface area contributed by atoms with Crippen molar-refractivity contribution in [3.63, 3.8) is 0 Å². The molecule has 0 aliphatic rings. The van der Waals surface area contributed by atoms with Crippen LogP contribution >= 0.6 is 27.7 Å². The summed E-state index contributed by atoms with van der Waals surface area (Å²) in [7, 11) is 1.60. The molecule has 3 aromatic rings. The highest BCUT2D eigenvalue weighted by Gasteiger charge is 2.20. The van der Waals surface area contributed by atoms with E-state index in [1.807, 2.05) is 53.1 Å². The minimum Gasteiger partial charge on any atom is -0.497 e. The average molecular weight is 500 g/mol. The number of hydrogen-bond donors (Lipinski definition) is 1. The summed E-state index contributed by atoms with van der Waals surface area (Å²) in [5, 5.41) is 12.9. The summed E-state index contributed by atoms with van der Waals surface area (Å²) in [5.41, 5.74) is 4.32. The van der Waals surface area contributed by atoms with Crippen molar-refractivity contribution in [2.45, 2.75) is 23.9 Å². The molecule has 1 heterocycles. The molecule has 0 aliphatic carbocycles. The lowest BCUT2D eigenvalue weighted by atomic mass is 10.2. The summed E-state index contributed by atoms with van der Waals surface area (Å²) in [4.78, 5) is 12.5. The lowest BCUT2D eigenvalue weighted by molar-refractivity contribution is -0.120. The highest BCUT2D eigenvalue weighted by molar-refractivity contribution is 9.10. The van der Waals surface area contributed by atoms with Gasteiger partial charge in [0.1, 0.15) is 5.75 Å². The second-order valence-electron chi connectivity index (χ2n) is 6.49. The van der Waals surface area contributed by atoms with Gasteiger partial charge in [0.25, 0.3) is 5.91 Å².